The van der Waals surface area contributed by atoms with Crippen molar-refractivity contribution in [2.45, 2.75) is 32.1 Å². The number of hydrogen-bond donors (Lipinski definition) is 2. The number of nitrogens with zero attached hydrogens (tertiary/aromatic N) is 2. The van der Waals surface area contributed by atoms with Gasteiger partial charge in [-0.15, -0.1) is 0 Å². The number of aliphatic carboxylic acids is 1. The number of carboxylic acids is 1. The third-order valence-electron chi connectivity index (χ3n) is 3.25. The zero-order valence-electron chi connectivity index (χ0n) is 12.1. The molecule has 21 heavy (non-hydrogen) atoms. The second-order valence-corrected chi connectivity index (χ2v) is 5.04. The van der Waals surface area contributed by atoms with E-state index in [-0.39, 0.29) is 25.3 Å². The molecule has 4 amide bonds. The Morgan fingerprint density at radius 3 is 2.52 bits per heavy atom. The van der Waals surface area contributed by atoms with Gasteiger partial charge in [0, 0.05) is 33.0 Å². The molecule has 8 heteroatoms. The van der Waals surface area contributed by atoms with Crippen molar-refractivity contribution in [3.05, 3.63) is 0 Å². The molecule has 0 aromatic rings. The van der Waals surface area contributed by atoms with Crippen LogP contribution >= 0.6 is 0 Å². The number of amides is 4. The third-order valence-corrected chi connectivity index (χ3v) is 3.25. The van der Waals surface area contributed by atoms with Gasteiger partial charge < -0.3 is 14.9 Å². The number of nitrogens with one attached hydrogen (secondary N) is 1. The molecule has 0 bridgehead atoms. The second kappa shape index (κ2) is 8.23. The largest absolute Gasteiger partial charge is 0.481 e. The van der Waals surface area contributed by atoms with Gasteiger partial charge in [0.2, 0.25) is 11.8 Å². The summed E-state index contributed by atoms with van der Waals surface area (Å²) in [4.78, 5) is 48.3. The van der Waals surface area contributed by atoms with Gasteiger partial charge in [-0.25, -0.2) is 4.79 Å². The van der Waals surface area contributed by atoms with Crippen LogP contribution in [0.3, 0.4) is 0 Å². The van der Waals surface area contributed by atoms with Crippen LogP contribution in [0.5, 0.6) is 0 Å². The van der Waals surface area contributed by atoms with Gasteiger partial charge in [-0.1, -0.05) is 0 Å². The molecule has 0 atom stereocenters. The van der Waals surface area contributed by atoms with E-state index in [0.29, 0.717) is 32.4 Å². The van der Waals surface area contributed by atoms with E-state index in [2.05, 4.69) is 5.32 Å². The predicted molar refractivity (Wildman–Crippen MR) is 73.5 cm³/mol. The molecule has 0 unspecified atom stereocenters. The van der Waals surface area contributed by atoms with E-state index in [4.69, 9.17) is 5.11 Å². The predicted octanol–water partition coefficient (Wildman–Crippen LogP) is 0.0317. The molecule has 118 valence electrons. The Kier molecular flexibility index (Phi) is 6.64. The van der Waals surface area contributed by atoms with Crippen molar-refractivity contribution in [2.24, 2.45) is 0 Å². The van der Waals surface area contributed by atoms with E-state index in [1.165, 1.54) is 4.90 Å². The molecule has 0 spiro atoms. The molecule has 1 aliphatic rings. The lowest BCUT2D eigenvalue weighted by Gasteiger charge is -2.19. The molecule has 0 saturated carbocycles. The number of unbranched alkanes of at least 4 members (excludes halogenated alkanes) is 1. The number of rotatable bonds is 5. The molecule has 1 saturated heterocycles. The molecule has 2 N–H and O–H groups in total. The van der Waals surface area contributed by atoms with E-state index in [0.717, 1.165) is 0 Å². The number of carbonyl (C=O) groups is 4. The SMILES string of the molecule is CN1CCCN(C(=O)NC(=O)CCCCC(=O)O)CC1=O. The van der Waals surface area contributed by atoms with E-state index in [1.807, 2.05) is 0 Å². The molecule has 1 fully saturated rings. The van der Waals surface area contributed by atoms with Gasteiger partial charge >= 0.3 is 12.0 Å². The number of urea groups is 1. The maximum absolute atomic E-state index is 11.9. The lowest BCUT2D eigenvalue weighted by Crippen LogP contribution is -2.45. The average molecular weight is 299 g/mol. The number of likely N-dealkylation sites (N-methyl/N-ethyl adjacent to an activating group) is 1. The summed E-state index contributed by atoms with van der Waals surface area (Å²) in [6.45, 7) is 0.981. The van der Waals surface area contributed by atoms with Gasteiger partial charge in [0.15, 0.2) is 0 Å². The maximum Gasteiger partial charge on any atom is 0.324 e. The first kappa shape index (κ1) is 16.9. The van der Waals surface area contributed by atoms with Gasteiger partial charge in [0.25, 0.3) is 0 Å². The summed E-state index contributed by atoms with van der Waals surface area (Å²) in [7, 11) is 1.68. The fraction of sp³-hybridized carbons (Fsp3) is 0.692. The van der Waals surface area contributed by atoms with Crippen LogP contribution in [-0.2, 0) is 14.4 Å². The van der Waals surface area contributed by atoms with Crippen molar-refractivity contribution >= 4 is 23.8 Å². The fourth-order valence-electron chi connectivity index (χ4n) is 1.98. The van der Waals surface area contributed by atoms with Crippen LogP contribution in [0.25, 0.3) is 0 Å². The van der Waals surface area contributed by atoms with Gasteiger partial charge in [0.1, 0.15) is 6.54 Å². The minimum absolute atomic E-state index is 0.00812. The fourth-order valence-corrected chi connectivity index (χ4v) is 1.98. The number of carboxylic acid groups (broad SMARTS) is 1. The monoisotopic (exact) mass is 299 g/mol. The minimum Gasteiger partial charge on any atom is -0.481 e. The Balaban J connectivity index is 2.33. The summed E-state index contributed by atoms with van der Waals surface area (Å²) in [5, 5.41) is 10.7. The molecule has 0 aromatic carbocycles. The quantitative estimate of drug-likeness (QED) is 0.697. The molecular weight excluding hydrogens is 278 g/mol. The maximum atomic E-state index is 11.9. The number of imide groups is 1. The van der Waals surface area contributed by atoms with Crippen LogP contribution < -0.4 is 5.32 Å². The zero-order chi connectivity index (χ0) is 15.8. The van der Waals surface area contributed by atoms with Crippen molar-refractivity contribution in [1.82, 2.24) is 15.1 Å². The first-order valence-corrected chi connectivity index (χ1v) is 6.94. The highest BCUT2D eigenvalue weighted by Gasteiger charge is 2.23. The Morgan fingerprint density at radius 2 is 1.86 bits per heavy atom. The lowest BCUT2D eigenvalue weighted by molar-refractivity contribution is -0.137. The van der Waals surface area contributed by atoms with Gasteiger partial charge in [-0.3, -0.25) is 19.7 Å². The molecule has 0 aliphatic carbocycles. The van der Waals surface area contributed by atoms with Crippen molar-refractivity contribution < 1.29 is 24.3 Å². The van der Waals surface area contributed by atoms with Crippen LogP contribution in [0.2, 0.25) is 0 Å². The Morgan fingerprint density at radius 1 is 1.19 bits per heavy atom. The van der Waals surface area contributed by atoms with Crippen molar-refractivity contribution in [3.63, 3.8) is 0 Å². The topological polar surface area (TPSA) is 107 Å². The van der Waals surface area contributed by atoms with Gasteiger partial charge in [0.05, 0.1) is 0 Å². The highest BCUT2D eigenvalue weighted by molar-refractivity contribution is 5.95. The number of carbonyl (C=O) groups excluding carboxylic acids is 3. The average Bonchev–Trinajstić information content (AvgIpc) is 2.57. The molecule has 0 aromatic heterocycles. The highest BCUT2D eigenvalue weighted by atomic mass is 16.4. The second-order valence-electron chi connectivity index (χ2n) is 5.04. The summed E-state index contributed by atoms with van der Waals surface area (Å²) in [6.07, 6.45) is 1.58. The molecule has 1 aliphatic heterocycles. The molecule has 1 rings (SSSR count). The summed E-state index contributed by atoms with van der Waals surface area (Å²) >= 11 is 0. The molecule has 8 nitrogen and oxygen atoms in total. The summed E-state index contributed by atoms with van der Waals surface area (Å²) in [5.41, 5.74) is 0. The molecule has 0 radical (unpaired) electrons. The van der Waals surface area contributed by atoms with E-state index < -0.39 is 17.9 Å². The standard InChI is InChI=1S/C13H21N3O5/c1-15-7-4-8-16(9-11(15)18)13(21)14-10(17)5-2-3-6-12(19)20/h2-9H2,1H3,(H,19,20)(H,14,17,21). The Bertz CT molecular complexity index is 424. The summed E-state index contributed by atoms with van der Waals surface area (Å²) in [6, 6.07) is -0.568. The first-order chi connectivity index (χ1) is 9.90. The highest BCUT2D eigenvalue weighted by Crippen LogP contribution is 2.04. The van der Waals surface area contributed by atoms with Gasteiger partial charge in [-0.05, 0) is 19.3 Å². The van der Waals surface area contributed by atoms with Crippen molar-refractivity contribution in [2.75, 3.05) is 26.7 Å². The summed E-state index contributed by atoms with van der Waals surface area (Å²) in [5.74, 6) is -1.51. The van der Waals surface area contributed by atoms with E-state index in [9.17, 15) is 19.2 Å². The van der Waals surface area contributed by atoms with Crippen LogP contribution in [0.1, 0.15) is 32.1 Å². The van der Waals surface area contributed by atoms with E-state index >= 15 is 0 Å². The van der Waals surface area contributed by atoms with Crippen LogP contribution in [0, 0.1) is 0 Å². The zero-order valence-corrected chi connectivity index (χ0v) is 12.1. The first-order valence-electron chi connectivity index (χ1n) is 6.94. The third kappa shape index (κ3) is 6.24. The summed E-state index contributed by atoms with van der Waals surface area (Å²) < 4.78 is 0. The molecule has 1 heterocycles. The smallest absolute Gasteiger partial charge is 0.324 e. The minimum atomic E-state index is -0.904. The normalized spacial score (nSPS) is 15.6. The Labute approximate surface area is 123 Å². The van der Waals surface area contributed by atoms with E-state index in [1.54, 1.807) is 11.9 Å². The van der Waals surface area contributed by atoms with Crippen molar-refractivity contribution in [1.29, 1.82) is 0 Å². The molecular formula is C13H21N3O5. The Hall–Kier alpha value is -2.12. The van der Waals surface area contributed by atoms with Crippen LogP contribution in [-0.4, -0.2) is 65.4 Å². The van der Waals surface area contributed by atoms with Crippen molar-refractivity contribution in [3.8, 4) is 0 Å². The number of hydrogen-bond acceptors (Lipinski definition) is 4. The van der Waals surface area contributed by atoms with Crippen LogP contribution in [0.4, 0.5) is 4.79 Å². The lowest BCUT2D eigenvalue weighted by atomic mass is 10.2. The van der Waals surface area contributed by atoms with Crippen LogP contribution in [0.15, 0.2) is 0 Å². The van der Waals surface area contributed by atoms with Gasteiger partial charge in [-0.2, -0.15) is 0 Å².